The van der Waals surface area contributed by atoms with Gasteiger partial charge in [0.25, 0.3) is 0 Å². The molecule has 0 aromatic heterocycles. The van der Waals surface area contributed by atoms with Crippen LogP contribution in [0.5, 0.6) is 17.2 Å². The lowest BCUT2D eigenvalue weighted by molar-refractivity contribution is -0.130. The summed E-state index contributed by atoms with van der Waals surface area (Å²) in [5.41, 5.74) is 0.655. The first kappa shape index (κ1) is 14.0. The molecule has 0 saturated carbocycles. The third kappa shape index (κ3) is 2.61. The second-order valence-electron chi connectivity index (χ2n) is 4.21. The van der Waals surface area contributed by atoms with Crippen molar-refractivity contribution in [2.45, 2.75) is 0 Å². The van der Waals surface area contributed by atoms with Gasteiger partial charge in [0.15, 0.2) is 11.5 Å². The van der Waals surface area contributed by atoms with Crippen LogP contribution >= 0.6 is 0 Å². The summed E-state index contributed by atoms with van der Waals surface area (Å²) < 4.78 is 15.7. The van der Waals surface area contributed by atoms with Crippen molar-refractivity contribution in [3.8, 4) is 17.2 Å². The van der Waals surface area contributed by atoms with Gasteiger partial charge >= 0.3 is 0 Å². The second kappa shape index (κ2) is 5.68. The molecule has 20 heavy (non-hydrogen) atoms. The number of imide groups is 1. The lowest BCUT2D eigenvalue weighted by Crippen LogP contribution is -2.51. The quantitative estimate of drug-likeness (QED) is 0.793. The number of nitrogens with one attached hydrogen (secondary N) is 1. The minimum absolute atomic E-state index is 0.102. The van der Waals surface area contributed by atoms with Crippen molar-refractivity contribution >= 4 is 17.5 Å². The molecule has 0 atom stereocenters. The van der Waals surface area contributed by atoms with E-state index >= 15 is 0 Å². The van der Waals surface area contributed by atoms with Crippen molar-refractivity contribution in [3.63, 3.8) is 0 Å². The summed E-state index contributed by atoms with van der Waals surface area (Å²) >= 11 is 0. The molecule has 7 nitrogen and oxygen atoms in total. The summed E-state index contributed by atoms with van der Waals surface area (Å²) in [5, 5.41) is 2.25. The van der Waals surface area contributed by atoms with E-state index in [2.05, 4.69) is 5.32 Å². The minimum atomic E-state index is -0.338. The van der Waals surface area contributed by atoms with E-state index in [-0.39, 0.29) is 24.9 Å². The Hall–Kier alpha value is -2.44. The van der Waals surface area contributed by atoms with Gasteiger partial charge in [0.2, 0.25) is 17.6 Å². The predicted octanol–water partition coefficient (Wildman–Crippen LogP) is 0.175. The van der Waals surface area contributed by atoms with Gasteiger partial charge in [0.05, 0.1) is 34.4 Å². The molecule has 1 heterocycles. The van der Waals surface area contributed by atoms with Crippen molar-refractivity contribution in [2.24, 2.45) is 0 Å². The normalized spacial score (nSPS) is 14.8. The van der Waals surface area contributed by atoms with Crippen LogP contribution < -0.4 is 24.4 Å². The number of methoxy groups -OCH3 is 3. The molecule has 0 aliphatic carbocycles. The standard InChI is InChI=1S/C13H16N2O5/c1-18-9-4-8(5-10(19-2)13(9)20-3)15-6-11(16)14-12(17)7-15/h4-5H,6-7H2,1-3H3,(H,14,16,17). The van der Waals surface area contributed by atoms with Crippen LogP contribution in [0.4, 0.5) is 5.69 Å². The maximum absolute atomic E-state index is 11.4. The Balaban J connectivity index is 2.41. The first-order chi connectivity index (χ1) is 9.58. The fraction of sp³-hybridized carbons (Fsp3) is 0.385. The molecule has 1 aliphatic heterocycles. The highest BCUT2D eigenvalue weighted by atomic mass is 16.5. The van der Waals surface area contributed by atoms with Gasteiger partial charge in [0, 0.05) is 17.8 Å². The number of hydrogen-bond acceptors (Lipinski definition) is 6. The van der Waals surface area contributed by atoms with Crippen LogP contribution in [-0.2, 0) is 9.59 Å². The molecule has 1 N–H and O–H groups in total. The zero-order valence-corrected chi connectivity index (χ0v) is 11.6. The van der Waals surface area contributed by atoms with Gasteiger partial charge in [-0.05, 0) is 0 Å². The molecule has 1 aromatic rings. The zero-order valence-electron chi connectivity index (χ0n) is 11.6. The highest BCUT2D eigenvalue weighted by Crippen LogP contribution is 2.41. The van der Waals surface area contributed by atoms with Crippen LogP contribution in [0.25, 0.3) is 0 Å². The number of ether oxygens (including phenoxy) is 3. The van der Waals surface area contributed by atoms with E-state index in [0.29, 0.717) is 22.9 Å². The maximum Gasteiger partial charge on any atom is 0.246 e. The first-order valence-corrected chi connectivity index (χ1v) is 5.96. The number of carbonyl (C=O) groups is 2. The summed E-state index contributed by atoms with van der Waals surface area (Å²) in [6, 6.07) is 3.40. The second-order valence-corrected chi connectivity index (χ2v) is 4.21. The van der Waals surface area contributed by atoms with Crippen LogP contribution in [0.3, 0.4) is 0 Å². The van der Waals surface area contributed by atoms with Crippen molar-refractivity contribution in [2.75, 3.05) is 39.3 Å². The molecule has 2 amide bonds. The van der Waals surface area contributed by atoms with E-state index in [4.69, 9.17) is 14.2 Å². The Morgan fingerprint density at radius 3 is 1.85 bits per heavy atom. The van der Waals surface area contributed by atoms with Gasteiger partial charge in [0.1, 0.15) is 0 Å². The van der Waals surface area contributed by atoms with Gasteiger partial charge in [-0.25, -0.2) is 0 Å². The number of hydrogen-bond donors (Lipinski definition) is 1. The lowest BCUT2D eigenvalue weighted by atomic mass is 10.2. The van der Waals surface area contributed by atoms with Crippen LogP contribution in [0.1, 0.15) is 0 Å². The SMILES string of the molecule is COc1cc(N2CC(=O)NC(=O)C2)cc(OC)c1OC. The molecule has 0 spiro atoms. The monoisotopic (exact) mass is 280 g/mol. The molecular formula is C13H16N2O5. The average molecular weight is 280 g/mol. The van der Waals surface area contributed by atoms with Crippen LogP contribution in [0.15, 0.2) is 12.1 Å². The number of piperazine rings is 1. The molecule has 0 unspecified atom stereocenters. The molecule has 1 saturated heterocycles. The van der Waals surface area contributed by atoms with E-state index in [1.54, 1.807) is 17.0 Å². The predicted molar refractivity (Wildman–Crippen MR) is 71.5 cm³/mol. The Kier molecular flexibility index (Phi) is 3.97. The van der Waals surface area contributed by atoms with E-state index in [9.17, 15) is 9.59 Å². The number of nitrogens with zero attached hydrogens (tertiary/aromatic N) is 1. The summed E-state index contributed by atoms with van der Waals surface area (Å²) in [4.78, 5) is 24.5. The number of amides is 2. The smallest absolute Gasteiger partial charge is 0.246 e. The Labute approximate surface area is 116 Å². The Morgan fingerprint density at radius 1 is 0.950 bits per heavy atom. The number of rotatable bonds is 4. The number of carbonyl (C=O) groups excluding carboxylic acids is 2. The molecule has 1 aliphatic rings. The Morgan fingerprint density at radius 2 is 1.45 bits per heavy atom. The van der Waals surface area contributed by atoms with Gasteiger partial charge in [-0.3, -0.25) is 14.9 Å². The van der Waals surface area contributed by atoms with Gasteiger partial charge in [-0.2, -0.15) is 0 Å². The minimum Gasteiger partial charge on any atom is -0.493 e. The highest BCUT2D eigenvalue weighted by Gasteiger charge is 2.24. The van der Waals surface area contributed by atoms with Gasteiger partial charge in [-0.1, -0.05) is 0 Å². The summed E-state index contributed by atoms with van der Waals surface area (Å²) in [6.45, 7) is 0.203. The average Bonchev–Trinajstić information content (AvgIpc) is 2.44. The third-order valence-electron chi connectivity index (χ3n) is 2.96. The molecule has 108 valence electrons. The largest absolute Gasteiger partial charge is 0.493 e. The van der Waals surface area contributed by atoms with Crippen LogP contribution in [0.2, 0.25) is 0 Å². The Bertz CT molecular complexity index is 503. The molecule has 7 heteroatoms. The molecular weight excluding hydrogens is 264 g/mol. The van der Waals surface area contributed by atoms with Gasteiger partial charge in [-0.15, -0.1) is 0 Å². The maximum atomic E-state index is 11.4. The van der Waals surface area contributed by atoms with Crippen LogP contribution in [0, 0.1) is 0 Å². The van der Waals surface area contributed by atoms with E-state index in [1.165, 1.54) is 21.3 Å². The first-order valence-electron chi connectivity index (χ1n) is 5.96. The third-order valence-corrected chi connectivity index (χ3v) is 2.96. The molecule has 0 radical (unpaired) electrons. The van der Waals surface area contributed by atoms with E-state index in [1.807, 2.05) is 0 Å². The summed E-state index contributed by atoms with van der Waals surface area (Å²) in [6.07, 6.45) is 0. The lowest BCUT2D eigenvalue weighted by Gasteiger charge is -2.28. The van der Waals surface area contributed by atoms with Crippen molar-refractivity contribution in [1.82, 2.24) is 5.32 Å². The number of anilines is 1. The highest BCUT2D eigenvalue weighted by molar-refractivity contribution is 6.02. The summed E-state index contributed by atoms with van der Waals surface area (Å²) in [7, 11) is 4.53. The fourth-order valence-electron chi connectivity index (χ4n) is 2.07. The summed E-state index contributed by atoms with van der Waals surface area (Å²) in [5.74, 6) is 0.733. The topological polar surface area (TPSA) is 77.1 Å². The van der Waals surface area contributed by atoms with Crippen molar-refractivity contribution in [3.05, 3.63) is 12.1 Å². The molecule has 0 bridgehead atoms. The molecule has 2 rings (SSSR count). The van der Waals surface area contributed by atoms with Crippen molar-refractivity contribution in [1.29, 1.82) is 0 Å². The molecule has 1 aromatic carbocycles. The number of benzene rings is 1. The van der Waals surface area contributed by atoms with E-state index in [0.717, 1.165) is 0 Å². The van der Waals surface area contributed by atoms with Crippen molar-refractivity contribution < 1.29 is 23.8 Å². The fourth-order valence-corrected chi connectivity index (χ4v) is 2.07. The van der Waals surface area contributed by atoms with Gasteiger partial charge < -0.3 is 19.1 Å². The van der Waals surface area contributed by atoms with E-state index < -0.39 is 0 Å². The zero-order chi connectivity index (χ0) is 14.7. The molecule has 1 fully saturated rings. The van der Waals surface area contributed by atoms with Crippen LogP contribution in [-0.4, -0.2) is 46.2 Å².